The first kappa shape index (κ1) is 74.0. The number of phosphoric acid groups is 1. The molecule has 448 valence electrons. The van der Waals surface area contributed by atoms with Crippen molar-refractivity contribution in [2.24, 2.45) is 0 Å². The van der Waals surface area contributed by atoms with Crippen molar-refractivity contribution in [2.75, 3.05) is 47.5 Å². The maximum atomic E-state index is 12.8. The largest absolute Gasteiger partial charge is 0.472 e. The number of carbonyl (C=O) groups excluding carboxylic acids is 2. The molecule has 0 spiro atoms. The minimum absolute atomic E-state index is 0.0375. The molecule has 0 radical (unpaired) electrons. The van der Waals surface area contributed by atoms with Crippen LogP contribution in [0.25, 0.3) is 0 Å². The molecule has 0 amide bonds. The van der Waals surface area contributed by atoms with E-state index >= 15 is 0 Å². The van der Waals surface area contributed by atoms with Gasteiger partial charge in [-0.15, -0.1) is 0 Å². The summed E-state index contributed by atoms with van der Waals surface area (Å²) in [6, 6.07) is 0. The lowest BCUT2D eigenvalue weighted by molar-refractivity contribution is -0.870. The average Bonchev–Trinajstić information content (AvgIpc) is 3.37. The quantitative estimate of drug-likeness (QED) is 0.0278. The van der Waals surface area contributed by atoms with Crippen LogP contribution in [0.15, 0.2) is 0 Å². The molecule has 0 aromatic rings. The summed E-state index contributed by atoms with van der Waals surface area (Å²) in [7, 11) is 1.50. The van der Waals surface area contributed by atoms with Crippen LogP contribution in [0.4, 0.5) is 0 Å². The van der Waals surface area contributed by atoms with Gasteiger partial charge in [0.15, 0.2) is 6.10 Å². The van der Waals surface area contributed by atoms with Gasteiger partial charge in [0.05, 0.1) is 27.7 Å². The molecule has 0 saturated carbocycles. The summed E-state index contributed by atoms with van der Waals surface area (Å²) in [5, 5.41) is 0. The predicted octanol–water partition coefficient (Wildman–Crippen LogP) is 21.0. The molecule has 0 fully saturated rings. The Kier molecular flexibility index (Phi) is 56.9. The minimum Gasteiger partial charge on any atom is -0.462 e. The summed E-state index contributed by atoms with van der Waals surface area (Å²) < 4.78 is 34.7. The first-order chi connectivity index (χ1) is 36.5. The Bertz CT molecular complexity index is 1230. The summed E-state index contributed by atoms with van der Waals surface area (Å²) in [5.41, 5.74) is 0. The van der Waals surface area contributed by atoms with Gasteiger partial charge in [-0.2, -0.15) is 0 Å². The van der Waals surface area contributed by atoms with E-state index < -0.39 is 26.5 Å². The van der Waals surface area contributed by atoms with E-state index in [0.29, 0.717) is 17.4 Å². The van der Waals surface area contributed by atoms with Crippen molar-refractivity contribution in [1.29, 1.82) is 0 Å². The predicted molar refractivity (Wildman–Crippen MR) is 322 cm³/mol. The van der Waals surface area contributed by atoms with Crippen molar-refractivity contribution >= 4 is 19.8 Å². The van der Waals surface area contributed by atoms with Crippen LogP contribution in [-0.4, -0.2) is 74.9 Å². The number of likely N-dealkylation sites (N-methyl/N-ethyl adjacent to an activating group) is 1. The molecule has 0 rings (SSSR count). The highest BCUT2D eigenvalue weighted by atomic mass is 31.2. The topological polar surface area (TPSA) is 108 Å². The first-order valence-electron chi connectivity index (χ1n) is 33.3. The molecule has 10 heteroatoms. The van der Waals surface area contributed by atoms with E-state index in [1.54, 1.807) is 0 Å². The smallest absolute Gasteiger partial charge is 0.462 e. The van der Waals surface area contributed by atoms with E-state index in [4.69, 9.17) is 18.5 Å². The maximum Gasteiger partial charge on any atom is 0.472 e. The van der Waals surface area contributed by atoms with E-state index in [2.05, 4.69) is 13.8 Å². The van der Waals surface area contributed by atoms with Gasteiger partial charge >= 0.3 is 19.8 Å². The van der Waals surface area contributed by atoms with Gasteiger partial charge in [-0.1, -0.05) is 328 Å². The Morgan fingerprint density at radius 3 is 0.853 bits per heavy atom. The van der Waals surface area contributed by atoms with Crippen molar-refractivity contribution in [2.45, 2.75) is 360 Å². The Hall–Kier alpha value is -0.990. The van der Waals surface area contributed by atoms with Crippen LogP contribution in [0, 0.1) is 0 Å². The molecule has 9 nitrogen and oxygen atoms in total. The van der Waals surface area contributed by atoms with Crippen LogP contribution < -0.4 is 0 Å². The molecule has 0 heterocycles. The lowest BCUT2D eigenvalue weighted by atomic mass is 10.0. The summed E-state index contributed by atoms with van der Waals surface area (Å²) in [6.07, 6.45) is 67.8. The highest BCUT2D eigenvalue weighted by Gasteiger charge is 2.27. The Labute approximate surface area is 467 Å². The zero-order chi connectivity index (χ0) is 54.9. The SMILES string of the molecule is CCCCCCCCCCCCCCCCCCCCCCCCCCCCCCCCCCCCC(=O)OC(COC(=O)CCCCCCCCCCCCCCCCCCC)COP(=O)(O)OCC[N+](C)(C)C. The number of esters is 2. The van der Waals surface area contributed by atoms with E-state index in [1.807, 2.05) is 21.1 Å². The molecular formula is C65H131NO8P+. The summed E-state index contributed by atoms with van der Waals surface area (Å²) in [4.78, 5) is 35.7. The second kappa shape index (κ2) is 57.7. The van der Waals surface area contributed by atoms with Crippen molar-refractivity contribution in [3.63, 3.8) is 0 Å². The normalized spacial score (nSPS) is 13.1. The molecule has 0 aliphatic heterocycles. The maximum absolute atomic E-state index is 12.8. The third kappa shape index (κ3) is 62.1. The fourth-order valence-corrected chi connectivity index (χ4v) is 11.0. The number of ether oxygens (including phenoxy) is 2. The number of rotatable bonds is 63. The van der Waals surface area contributed by atoms with Gasteiger partial charge in [-0.25, -0.2) is 4.57 Å². The second-order valence-electron chi connectivity index (χ2n) is 24.2. The molecule has 0 aliphatic rings. The number of hydrogen-bond acceptors (Lipinski definition) is 7. The summed E-state index contributed by atoms with van der Waals surface area (Å²) in [6.45, 7) is 4.52. The van der Waals surface area contributed by atoms with E-state index in [0.717, 1.165) is 38.5 Å². The zero-order valence-electron chi connectivity index (χ0n) is 51.1. The lowest BCUT2D eigenvalue weighted by Crippen LogP contribution is -2.37. The van der Waals surface area contributed by atoms with E-state index in [1.165, 1.54) is 289 Å². The minimum atomic E-state index is -4.38. The van der Waals surface area contributed by atoms with Gasteiger partial charge in [-0.05, 0) is 12.8 Å². The van der Waals surface area contributed by atoms with Gasteiger partial charge in [-0.3, -0.25) is 18.6 Å². The van der Waals surface area contributed by atoms with Gasteiger partial charge in [0.25, 0.3) is 0 Å². The van der Waals surface area contributed by atoms with Crippen LogP contribution in [0.2, 0.25) is 0 Å². The van der Waals surface area contributed by atoms with Crippen LogP contribution in [-0.2, 0) is 32.7 Å². The summed E-state index contributed by atoms with van der Waals surface area (Å²) >= 11 is 0. The molecule has 0 aromatic carbocycles. The molecular weight excluding hydrogens is 954 g/mol. The fraction of sp³-hybridized carbons (Fsp3) is 0.969. The van der Waals surface area contributed by atoms with Gasteiger partial charge in [0.2, 0.25) is 0 Å². The monoisotopic (exact) mass is 1080 g/mol. The van der Waals surface area contributed by atoms with Crippen molar-refractivity contribution in [3.05, 3.63) is 0 Å². The molecule has 2 atom stereocenters. The number of hydrogen-bond donors (Lipinski definition) is 1. The third-order valence-electron chi connectivity index (χ3n) is 15.4. The van der Waals surface area contributed by atoms with Gasteiger partial charge in [0.1, 0.15) is 19.8 Å². The van der Waals surface area contributed by atoms with Crippen LogP contribution in [0.5, 0.6) is 0 Å². The Morgan fingerprint density at radius 2 is 0.600 bits per heavy atom. The van der Waals surface area contributed by atoms with Crippen LogP contribution in [0.1, 0.15) is 354 Å². The number of carbonyl (C=O) groups is 2. The fourth-order valence-electron chi connectivity index (χ4n) is 10.3. The number of quaternary nitrogens is 1. The van der Waals surface area contributed by atoms with Crippen molar-refractivity contribution in [3.8, 4) is 0 Å². The molecule has 0 saturated heterocycles. The zero-order valence-corrected chi connectivity index (χ0v) is 52.0. The third-order valence-corrected chi connectivity index (χ3v) is 16.4. The molecule has 0 aromatic heterocycles. The number of phosphoric ester groups is 1. The highest BCUT2D eigenvalue weighted by Crippen LogP contribution is 2.43. The number of nitrogens with zero attached hydrogens (tertiary/aromatic N) is 1. The Morgan fingerprint density at radius 1 is 0.360 bits per heavy atom. The molecule has 2 unspecified atom stereocenters. The van der Waals surface area contributed by atoms with Crippen molar-refractivity contribution in [1.82, 2.24) is 0 Å². The standard InChI is InChI=1S/C65H130NO8P/c1-6-8-10-12-14-16-18-20-22-24-25-26-27-28-29-30-31-32-33-34-35-36-37-38-39-40-42-44-46-48-50-52-54-56-58-65(68)74-63(62-73-75(69,70)72-60-59-66(3,4)5)61-71-64(67)57-55-53-51-49-47-45-43-41-23-21-19-17-15-13-11-9-7-2/h63H,6-62H2,1-5H3/p+1. The molecule has 0 aliphatic carbocycles. The highest BCUT2D eigenvalue weighted by molar-refractivity contribution is 7.47. The van der Waals surface area contributed by atoms with Gasteiger partial charge < -0.3 is 18.9 Å². The summed E-state index contributed by atoms with van der Waals surface area (Å²) in [5.74, 6) is -0.771. The molecule has 0 bridgehead atoms. The first-order valence-corrected chi connectivity index (χ1v) is 34.8. The molecule has 75 heavy (non-hydrogen) atoms. The van der Waals surface area contributed by atoms with E-state index in [-0.39, 0.29) is 25.6 Å². The van der Waals surface area contributed by atoms with Crippen LogP contribution >= 0.6 is 7.82 Å². The van der Waals surface area contributed by atoms with E-state index in [9.17, 15) is 19.0 Å². The number of unbranched alkanes of at least 4 members (excludes halogenated alkanes) is 49. The lowest BCUT2D eigenvalue weighted by Gasteiger charge is -2.24. The molecule has 1 N–H and O–H groups in total. The average molecular weight is 1090 g/mol. The van der Waals surface area contributed by atoms with Crippen LogP contribution in [0.3, 0.4) is 0 Å². The van der Waals surface area contributed by atoms with Gasteiger partial charge in [0, 0.05) is 12.8 Å². The Balaban J connectivity index is 3.92. The second-order valence-corrected chi connectivity index (χ2v) is 25.7. The van der Waals surface area contributed by atoms with Crippen molar-refractivity contribution < 1.29 is 42.1 Å².